The van der Waals surface area contributed by atoms with E-state index in [2.05, 4.69) is 9.97 Å². The van der Waals surface area contributed by atoms with Gasteiger partial charge in [0.05, 0.1) is 24.2 Å². The average Bonchev–Trinajstić information content (AvgIpc) is 3.17. The molecule has 2 aromatic carbocycles. The monoisotopic (exact) mass is 478 g/mol. The summed E-state index contributed by atoms with van der Waals surface area (Å²) in [4.78, 5) is 22.4. The number of aryl methyl sites for hydroxylation is 1. The number of halogens is 1. The van der Waals surface area contributed by atoms with Crippen molar-refractivity contribution in [2.24, 2.45) is 0 Å². The summed E-state index contributed by atoms with van der Waals surface area (Å²) in [6.07, 6.45) is 1.43. The fourth-order valence-corrected chi connectivity index (χ4v) is 4.44. The number of benzene rings is 2. The van der Waals surface area contributed by atoms with E-state index >= 15 is 0 Å². The van der Waals surface area contributed by atoms with Crippen molar-refractivity contribution in [1.29, 1.82) is 0 Å². The third-order valence-electron chi connectivity index (χ3n) is 6.05. The van der Waals surface area contributed by atoms with Crippen LogP contribution in [0.1, 0.15) is 40.1 Å². The van der Waals surface area contributed by atoms with Crippen molar-refractivity contribution in [1.82, 2.24) is 24.6 Å². The minimum Gasteiger partial charge on any atom is -0.496 e. The Hall–Kier alpha value is -3.65. The first-order valence-electron chi connectivity index (χ1n) is 10.8. The molecule has 0 aliphatic carbocycles. The number of ether oxygens (including phenoxy) is 1. The second-order valence-electron chi connectivity index (χ2n) is 8.42. The van der Waals surface area contributed by atoms with Crippen molar-refractivity contribution in [3.05, 3.63) is 64.1 Å². The molecular formula is C25H27ClN6O2. The van der Waals surface area contributed by atoms with Crippen LogP contribution in [-0.4, -0.2) is 51.8 Å². The predicted octanol–water partition coefficient (Wildman–Crippen LogP) is 4.67. The molecule has 2 heterocycles. The van der Waals surface area contributed by atoms with E-state index in [9.17, 15) is 4.79 Å². The van der Waals surface area contributed by atoms with Crippen LogP contribution in [0.5, 0.6) is 5.75 Å². The molecule has 4 aromatic rings. The number of carbonyl (C=O) groups excluding carboxylic acids is 1. The number of nitrogens with two attached hydrogens (primary N) is 1. The van der Waals surface area contributed by atoms with Crippen LogP contribution < -0.4 is 10.5 Å². The van der Waals surface area contributed by atoms with Gasteiger partial charge in [0.2, 0.25) is 0 Å². The van der Waals surface area contributed by atoms with Gasteiger partial charge in [-0.05, 0) is 50.1 Å². The van der Waals surface area contributed by atoms with Crippen molar-refractivity contribution < 1.29 is 9.53 Å². The number of anilines is 1. The van der Waals surface area contributed by atoms with E-state index in [4.69, 9.17) is 27.2 Å². The second kappa shape index (κ2) is 8.95. The highest BCUT2D eigenvalue weighted by molar-refractivity contribution is 6.32. The van der Waals surface area contributed by atoms with Gasteiger partial charge in [0.15, 0.2) is 5.65 Å². The number of rotatable bonds is 5. The molecule has 0 aliphatic rings. The van der Waals surface area contributed by atoms with Crippen LogP contribution in [0, 0.1) is 13.8 Å². The van der Waals surface area contributed by atoms with Crippen molar-refractivity contribution in [2.75, 3.05) is 26.9 Å². The molecule has 0 radical (unpaired) electrons. The van der Waals surface area contributed by atoms with E-state index in [-0.39, 0.29) is 11.9 Å². The zero-order valence-electron chi connectivity index (χ0n) is 20.0. The van der Waals surface area contributed by atoms with Gasteiger partial charge < -0.3 is 15.4 Å². The Bertz CT molecular complexity index is 1400. The van der Waals surface area contributed by atoms with Gasteiger partial charge in [0, 0.05) is 35.8 Å². The lowest BCUT2D eigenvalue weighted by atomic mass is 9.93. The summed E-state index contributed by atoms with van der Waals surface area (Å²) in [7, 11) is 5.10. The summed E-state index contributed by atoms with van der Waals surface area (Å²) in [6, 6.07) is 9.09. The maximum absolute atomic E-state index is 12.3. The number of nitrogen functional groups attached to an aromatic ring is 1. The van der Waals surface area contributed by atoms with Gasteiger partial charge in [0.1, 0.15) is 17.9 Å². The summed E-state index contributed by atoms with van der Waals surface area (Å²) in [5.74, 6) is 1.02. The molecule has 0 aliphatic heterocycles. The molecule has 4 rings (SSSR count). The molecule has 0 spiro atoms. The first kappa shape index (κ1) is 23.5. The second-order valence-corrected chi connectivity index (χ2v) is 8.83. The number of nitrogens with zero attached hydrogens (tertiary/aromatic N) is 5. The molecule has 9 heteroatoms. The van der Waals surface area contributed by atoms with Gasteiger partial charge in [-0.15, -0.1) is 0 Å². The third-order valence-corrected chi connectivity index (χ3v) is 6.44. The van der Waals surface area contributed by atoms with E-state index in [1.165, 1.54) is 6.33 Å². The molecule has 8 nitrogen and oxygen atoms in total. The molecule has 0 bridgehead atoms. The van der Waals surface area contributed by atoms with Crippen LogP contribution in [0.15, 0.2) is 36.7 Å². The van der Waals surface area contributed by atoms with Crippen molar-refractivity contribution in [3.8, 4) is 16.9 Å². The number of fused-ring (bicyclic) bond motifs is 1. The summed E-state index contributed by atoms with van der Waals surface area (Å²) < 4.78 is 7.75. The molecule has 0 saturated heterocycles. The van der Waals surface area contributed by atoms with Crippen molar-refractivity contribution in [2.45, 2.75) is 26.8 Å². The average molecular weight is 479 g/mol. The highest BCUT2D eigenvalue weighted by Crippen LogP contribution is 2.43. The number of amides is 1. The molecular weight excluding hydrogens is 452 g/mol. The van der Waals surface area contributed by atoms with Gasteiger partial charge in [-0.25, -0.2) is 14.6 Å². The van der Waals surface area contributed by atoms with Gasteiger partial charge in [0.25, 0.3) is 5.91 Å². The summed E-state index contributed by atoms with van der Waals surface area (Å²) in [5, 5.41) is 6.03. The maximum Gasteiger partial charge on any atom is 0.253 e. The van der Waals surface area contributed by atoms with Crippen LogP contribution in [0.25, 0.3) is 22.2 Å². The summed E-state index contributed by atoms with van der Waals surface area (Å²) >= 11 is 6.71. The van der Waals surface area contributed by atoms with Crippen LogP contribution in [0.4, 0.5) is 5.82 Å². The van der Waals surface area contributed by atoms with Gasteiger partial charge in [-0.1, -0.05) is 23.7 Å². The molecule has 1 unspecified atom stereocenters. The van der Waals surface area contributed by atoms with Gasteiger partial charge >= 0.3 is 0 Å². The molecule has 2 aromatic heterocycles. The lowest BCUT2D eigenvalue weighted by Crippen LogP contribution is -2.21. The van der Waals surface area contributed by atoms with E-state index in [1.54, 1.807) is 26.1 Å². The van der Waals surface area contributed by atoms with Crippen molar-refractivity contribution >= 4 is 34.4 Å². The zero-order chi connectivity index (χ0) is 24.7. The predicted molar refractivity (Wildman–Crippen MR) is 134 cm³/mol. The Morgan fingerprint density at radius 2 is 1.85 bits per heavy atom. The molecule has 2 N–H and O–H groups in total. The van der Waals surface area contributed by atoms with E-state index < -0.39 is 0 Å². The topological polar surface area (TPSA) is 99.2 Å². The molecule has 1 amide bonds. The Morgan fingerprint density at radius 1 is 1.18 bits per heavy atom. The van der Waals surface area contributed by atoms with E-state index in [0.29, 0.717) is 27.8 Å². The highest BCUT2D eigenvalue weighted by atomic mass is 35.5. The largest absolute Gasteiger partial charge is 0.496 e. The molecule has 0 saturated carbocycles. The van der Waals surface area contributed by atoms with E-state index in [1.807, 2.05) is 55.8 Å². The van der Waals surface area contributed by atoms with Crippen LogP contribution in [0.2, 0.25) is 5.02 Å². The minimum absolute atomic E-state index is 0.0576. The fourth-order valence-electron chi connectivity index (χ4n) is 4.23. The first-order valence-corrected chi connectivity index (χ1v) is 11.2. The Morgan fingerprint density at radius 3 is 2.47 bits per heavy atom. The number of carbonyl (C=O) groups is 1. The Kier molecular flexibility index (Phi) is 6.18. The Balaban J connectivity index is 1.88. The molecule has 176 valence electrons. The van der Waals surface area contributed by atoms with Crippen LogP contribution in [-0.2, 0) is 0 Å². The fraction of sp³-hybridized carbons (Fsp3) is 0.280. The number of hydrogen-bond acceptors (Lipinski definition) is 6. The molecule has 34 heavy (non-hydrogen) atoms. The van der Waals surface area contributed by atoms with E-state index in [0.717, 1.165) is 33.3 Å². The van der Waals surface area contributed by atoms with Gasteiger partial charge in [-0.2, -0.15) is 5.10 Å². The zero-order valence-corrected chi connectivity index (χ0v) is 20.8. The first-order chi connectivity index (χ1) is 16.1. The van der Waals surface area contributed by atoms with Crippen LogP contribution in [0.3, 0.4) is 0 Å². The summed E-state index contributed by atoms with van der Waals surface area (Å²) in [5.41, 5.74) is 11.6. The maximum atomic E-state index is 12.3. The van der Waals surface area contributed by atoms with Gasteiger partial charge in [-0.3, -0.25) is 4.79 Å². The molecule has 1 atom stereocenters. The molecule has 0 fully saturated rings. The number of methoxy groups -OCH3 is 1. The highest BCUT2D eigenvalue weighted by Gasteiger charge is 2.25. The minimum atomic E-state index is -0.258. The van der Waals surface area contributed by atoms with Crippen LogP contribution >= 0.6 is 11.6 Å². The third kappa shape index (κ3) is 3.84. The Labute approximate surface area is 203 Å². The lowest BCUT2D eigenvalue weighted by Gasteiger charge is -2.22. The summed E-state index contributed by atoms with van der Waals surface area (Å²) in [6.45, 7) is 5.85. The van der Waals surface area contributed by atoms with Crippen molar-refractivity contribution in [3.63, 3.8) is 0 Å². The standard InChI is InChI=1S/C25H27ClN6O2/c1-13-19(26)11-18(15(3)32-24-21(14(2)30-32)23(27)28-12-29-24)22(34-6)20(13)16-7-9-17(10-8-16)25(33)31(4)5/h7-12,15H,1-6H3,(H2,27,28,29). The number of hydrogen-bond donors (Lipinski definition) is 1. The number of aromatic nitrogens is 4. The lowest BCUT2D eigenvalue weighted by molar-refractivity contribution is 0.0827. The normalized spacial score (nSPS) is 12.1. The SMILES string of the molecule is COc1c(C(C)n2nc(C)c3c(N)ncnc32)cc(Cl)c(C)c1-c1ccc(C(=O)N(C)C)cc1. The smallest absolute Gasteiger partial charge is 0.253 e. The quantitative estimate of drug-likeness (QED) is 0.447.